The van der Waals surface area contributed by atoms with E-state index in [4.69, 9.17) is 0 Å². The molecule has 164 valence electrons. The van der Waals surface area contributed by atoms with Gasteiger partial charge in [0.2, 0.25) is 0 Å². The highest BCUT2D eigenvalue weighted by Gasteiger charge is 2.70. The number of rotatable bonds is 0. The van der Waals surface area contributed by atoms with Crippen LogP contribution in [0.25, 0.3) is 32.3 Å². The maximum atomic E-state index is 3.88. The minimum atomic E-state index is -0.305. The van der Waals surface area contributed by atoms with Crippen LogP contribution in [0.4, 0.5) is 0 Å². The first kappa shape index (κ1) is 19.7. The molecule has 9 rings (SSSR count). The molecule has 0 unspecified atom stereocenters. The molecule has 0 aromatic heterocycles. The molecule has 0 bridgehead atoms. The molecule has 6 aromatic rings. The zero-order chi connectivity index (χ0) is 23.3. The molecule has 0 aliphatic heterocycles. The molecule has 0 atom stereocenters. The molecule has 0 saturated carbocycles. The first-order chi connectivity index (χ1) is 17.1. The van der Waals surface area contributed by atoms with Gasteiger partial charge in [-0.05, 0) is 83.9 Å². The van der Waals surface area contributed by atoms with Crippen molar-refractivity contribution in [2.24, 2.45) is 0 Å². The smallest absolute Gasteiger partial charge is 0.0613 e. The number of hydrogen-bond acceptors (Lipinski definition) is 0. The summed E-state index contributed by atoms with van der Waals surface area (Å²) < 4.78 is 3.48. The molecule has 0 amide bonds. The van der Waals surface area contributed by atoms with Gasteiger partial charge >= 0.3 is 0 Å². The van der Waals surface area contributed by atoms with E-state index in [0.29, 0.717) is 0 Å². The van der Waals surface area contributed by atoms with Crippen LogP contribution in [0.2, 0.25) is 0 Å². The van der Waals surface area contributed by atoms with Gasteiger partial charge in [0.25, 0.3) is 0 Å². The second-order valence-corrected chi connectivity index (χ2v) is 12.5. The summed E-state index contributed by atoms with van der Waals surface area (Å²) in [5, 5.41) is 8.10. The van der Waals surface area contributed by atoms with Crippen molar-refractivity contribution in [3.63, 3.8) is 0 Å². The Hall–Kier alpha value is -2.46. The van der Waals surface area contributed by atoms with E-state index in [-0.39, 0.29) is 10.8 Å². The average molecular weight is 639 g/mol. The van der Waals surface area contributed by atoms with Gasteiger partial charge in [-0.3, -0.25) is 0 Å². The molecule has 0 N–H and O–H groups in total. The zero-order valence-electron chi connectivity index (χ0n) is 18.3. The van der Waals surface area contributed by atoms with Crippen LogP contribution in [-0.2, 0) is 10.8 Å². The average Bonchev–Trinajstić information content (AvgIpc) is 3.41. The fraction of sp³-hybridized carbons (Fsp3) is 0.0625. The highest BCUT2D eigenvalue weighted by molar-refractivity contribution is 9.11. The van der Waals surface area contributed by atoms with E-state index < -0.39 is 0 Å². The van der Waals surface area contributed by atoms with Crippen molar-refractivity contribution in [1.82, 2.24) is 0 Å². The molecule has 0 fully saturated rings. The Bertz CT molecular complexity index is 1740. The lowest BCUT2D eigenvalue weighted by Gasteiger charge is -2.40. The van der Waals surface area contributed by atoms with Crippen molar-refractivity contribution in [2.45, 2.75) is 10.8 Å². The minimum absolute atomic E-state index is 0.305. The monoisotopic (exact) mass is 636 g/mol. The lowest BCUT2D eigenvalue weighted by Crippen LogP contribution is -2.42. The van der Waals surface area contributed by atoms with Gasteiger partial charge in [-0.15, -0.1) is 0 Å². The van der Waals surface area contributed by atoms with Crippen LogP contribution in [-0.4, -0.2) is 0 Å². The molecular formula is C32H15Br3. The molecule has 3 aliphatic rings. The molecule has 0 nitrogen and oxygen atoms in total. The summed E-state index contributed by atoms with van der Waals surface area (Å²) >= 11 is 11.6. The van der Waals surface area contributed by atoms with E-state index in [1.807, 2.05) is 0 Å². The summed E-state index contributed by atoms with van der Waals surface area (Å²) in [4.78, 5) is 0. The van der Waals surface area contributed by atoms with Gasteiger partial charge in [0, 0.05) is 13.4 Å². The summed E-state index contributed by atoms with van der Waals surface area (Å²) in [6, 6.07) is 34.6. The Morgan fingerprint density at radius 2 is 0.629 bits per heavy atom. The maximum absolute atomic E-state index is 3.88. The van der Waals surface area contributed by atoms with Crippen molar-refractivity contribution in [2.75, 3.05) is 0 Å². The Morgan fingerprint density at radius 1 is 0.343 bits per heavy atom. The van der Waals surface area contributed by atoms with Crippen LogP contribution in [0, 0.1) is 0 Å². The molecular weight excluding hydrogens is 624 g/mol. The number of hydrogen-bond donors (Lipinski definition) is 0. The summed E-state index contributed by atoms with van der Waals surface area (Å²) in [6.07, 6.45) is 0. The topological polar surface area (TPSA) is 0 Å². The van der Waals surface area contributed by atoms with Gasteiger partial charge in [-0.2, -0.15) is 0 Å². The van der Waals surface area contributed by atoms with Gasteiger partial charge < -0.3 is 0 Å². The second kappa shape index (κ2) is 6.08. The van der Waals surface area contributed by atoms with Crippen LogP contribution < -0.4 is 0 Å². The van der Waals surface area contributed by atoms with Gasteiger partial charge in [-0.1, -0.05) is 121 Å². The molecule has 0 saturated heterocycles. The summed E-state index contributed by atoms with van der Waals surface area (Å²) in [6.45, 7) is 0. The predicted octanol–water partition coefficient (Wildman–Crippen LogP) is 9.74. The normalized spacial score (nSPS) is 22.4. The van der Waals surface area contributed by atoms with Crippen LogP contribution in [0.1, 0.15) is 33.4 Å². The standard InChI is InChI=1S/C32H15Br3/c33-25-13-10-22-30-18(25)6-3-9-21(30)32-23-11-14-26(34)16-4-1-7-19(28(16)23)31(22,32)20-8-2-5-17-27(35)15-12-24(32)29(17)20/h1-15H. The van der Waals surface area contributed by atoms with E-state index >= 15 is 0 Å². The molecule has 0 heterocycles. The second-order valence-electron chi connectivity index (χ2n) is 9.97. The Morgan fingerprint density at radius 3 is 0.943 bits per heavy atom. The third kappa shape index (κ3) is 1.80. The zero-order valence-corrected chi connectivity index (χ0v) is 23.1. The van der Waals surface area contributed by atoms with Gasteiger partial charge in [-0.25, -0.2) is 0 Å². The van der Waals surface area contributed by atoms with Crippen molar-refractivity contribution in [3.05, 3.63) is 138 Å². The third-order valence-corrected chi connectivity index (χ3v) is 11.0. The van der Waals surface area contributed by atoms with Crippen LogP contribution in [0.3, 0.4) is 0 Å². The maximum Gasteiger partial charge on any atom is 0.0648 e. The molecule has 3 aliphatic carbocycles. The number of halogens is 3. The van der Waals surface area contributed by atoms with Crippen LogP contribution >= 0.6 is 47.8 Å². The highest BCUT2D eigenvalue weighted by Crippen LogP contribution is 2.76. The van der Waals surface area contributed by atoms with Crippen molar-refractivity contribution < 1.29 is 0 Å². The lowest BCUT2D eigenvalue weighted by atomic mass is 9.59. The third-order valence-electron chi connectivity index (χ3n) is 8.95. The largest absolute Gasteiger partial charge is 0.0648 e. The first-order valence-corrected chi connectivity index (χ1v) is 14.2. The van der Waals surface area contributed by atoms with E-state index in [2.05, 4.69) is 139 Å². The SMILES string of the molecule is Brc1ccc2c3c(cccc13)C13c4ccc(Br)c5cccc(c45)C21c1cccc2c(Br)ccc3c12. The first-order valence-electron chi connectivity index (χ1n) is 11.8. The van der Waals surface area contributed by atoms with E-state index in [1.54, 1.807) is 0 Å². The summed E-state index contributed by atoms with van der Waals surface area (Å²) in [5.41, 5.74) is 7.92. The quantitative estimate of drug-likeness (QED) is 0.155. The van der Waals surface area contributed by atoms with Crippen LogP contribution in [0.5, 0.6) is 0 Å². The minimum Gasteiger partial charge on any atom is -0.0613 e. The van der Waals surface area contributed by atoms with Gasteiger partial charge in [0.05, 0.1) is 10.8 Å². The summed E-state index contributed by atoms with van der Waals surface area (Å²) in [5.74, 6) is 0. The van der Waals surface area contributed by atoms with Crippen molar-refractivity contribution in [3.8, 4) is 0 Å². The highest BCUT2D eigenvalue weighted by atomic mass is 79.9. The predicted molar refractivity (Wildman–Crippen MR) is 155 cm³/mol. The van der Waals surface area contributed by atoms with Gasteiger partial charge in [0.1, 0.15) is 0 Å². The summed E-state index contributed by atoms with van der Waals surface area (Å²) in [7, 11) is 0. The molecule has 6 aromatic carbocycles. The van der Waals surface area contributed by atoms with E-state index in [0.717, 1.165) is 13.4 Å². The van der Waals surface area contributed by atoms with Crippen LogP contribution in [0.15, 0.2) is 104 Å². The fourth-order valence-electron chi connectivity index (χ4n) is 8.07. The lowest BCUT2D eigenvalue weighted by molar-refractivity contribution is 0.492. The van der Waals surface area contributed by atoms with E-state index in [9.17, 15) is 0 Å². The molecule has 35 heavy (non-hydrogen) atoms. The molecule has 0 radical (unpaired) electrons. The molecule has 0 spiro atoms. The van der Waals surface area contributed by atoms with E-state index in [1.165, 1.54) is 65.7 Å². The fourth-order valence-corrected chi connectivity index (χ4v) is 9.46. The van der Waals surface area contributed by atoms with Crippen molar-refractivity contribution >= 4 is 80.1 Å². The number of benzene rings is 6. The Kier molecular flexibility index (Phi) is 3.42. The van der Waals surface area contributed by atoms with Crippen molar-refractivity contribution in [1.29, 1.82) is 0 Å². The Balaban J connectivity index is 1.66. The Labute approximate surface area is 227 Å². The molecule has 3 heteroatoms. The van der Waals surface area contributed by atoms with Gasteiger partial charge in [0.15, 0.2) is 0 Å².